The van der Waals surface area contributed by atoms with Gasteiger partial charge in [-0.25, -0.2) is 0 Å². The molecule has 0 aliphatic carbocycles. The second-order valence-electron chi connectivity index (χ2n) is 3.80. The molecule has 64 valence electrons. The van der Waals surface area contributed by atoms with E-state index in [4.69, 9.17) is 12.2 Å². The first kappa shape index (κ1) is 8.94. The maximum atomic E-state index is 9.68. The standard InChI is InChI=1S/C8H15NOS/c1-5(2)6-4-8(3,10)7(11)9-6/h5-6,10H,4H2,1-3H3,(H,9,11). The van der Waals surface area contributed by atoms with E-state index in [0.717, 1.165) is 6.42 Å². The monoisotopic (exact) mass is 173 g/mol. The van der Waals surface area contributed by atoms with Crippen LogP contribution in [0.25, 0.3) is 0 Å². The normalized spacial score (nSPS) is 37.9. The van der Waals surface area contributed by atoms with Crippen LogP contribution < -0.4 is 5.32 Å². The van der Waals surface area contributed by atoms with Gasteiger partial charge in [-0.05, 0) is 12.8 Å². The van der Waals surface area contributed by atoms with Gasteiger partial charge in [0.25, 0.3) is 0 Å². The summed E-state index contributed by atoms with van der Waals surface area (Å²) in [5, 5.41) is 12.8. The number of thiocarbonyl (C=S) groups is 1. The molecule has 1 rings (SSSR count). The third-order valence-electron chi connectivity index (χ3n) is 2.23. The van der Waals surface area contributed by atoms with Crippen molar-refractivity contribution in [1.82, 2.24) is 5.32 Å². The molecule has 1 saturated heterocycles. The Morgan fingerprint density at radius 1 is 1.73 bits per heavy atom. The van der Waals surface area contributed by atoms with Crippen LogP contribution in [0.3, 0.4) is 0 Å². The Labute approximate surface area is 73.0 Å². The molecule has 1 aliphatic rings. The quantitative estimate of drug-likeness (QED) is 0.582. The van der Waals surface area contributed by atoms with Gasteiger partial charge in [-0.3, -0.25) is 0 Å². The van der Waals surface area contributed by atoms with Crippen LogP contribution in [0.1, 0.15) is 27.2 Å². The highest BCUT2D eigenvalue weighted by molar-refractivity contribution is 7.80. The van der Waals surface area contributed by atoms with Gasteiger partial charge >= 0.3 is 0 Å². The lowest BCUT2D eigenvalue weighted by molar-refractivity contribution is 0.127. The Morgan fingerprint density at radius 3 is 2.45 bits per heavy atom. The van der Waals surface area contributed by atoms with E-state index >= 15 is 0 Å². The Bertz CT molecular complexity index is 177. The molecule has 0 aromatic heterocycles. The minimum atomic E-state index is -0.774. The van der Waals surface area contributed by atoms with Gasteiger partial charge in [0.2, 0.25) is 0 Å². The molecule has 0 aromatic carbocycles. The van der Waals surface area contributed by atoms with Gasteiger partial charge in [-0.2, -0.15) is 0 Å². The van der Waals surface area contributed by atoms with Crippen LogP contribution in [0.4, 0.5) is 0 Å². The largest absolute Gasteiger partial charge is 0.383 e. The van der Waals surface area contributed by atoms with E-state index in [1.54, 1.807) is 6.92 Å². The van der Waals surface area contributed by atoms with Gasteiger partial charge in [0.15, 0.2) is 0 Å². The highest BCUT2D eigenvalue weighted by atomic mass is 32.1. The predicted molar refractivity (Wildman–Crippen MR) is 49.6 cm³/mol. The summed E-state index contributed by atoms with van der Waals surface area (Å²) >= 11 is 4.99. The van der Waals surface area contributed by atoms with Crippen molar-refractivity contribution in [3.05, 3.63) is 0 Å². The van der Waals surface area contributed by atoms with Crippen LogP contribution in [0.2, 0.25) is 0 Å². The average Bonchev–Trinajstić information content (AvgIpc) is 2.08. The summed E-state index contributed by atoms with van der Waals surface area (Å²) in [4.78, 5) is 0.594. The summed E-state index contributed by atoms with van der Waals surface area (Å²) in [5.41, 5.74) is -0.774. The first-order valence-corrected chi connectivity index (χ1v) is 4.37. The van der Waals surface area contributed by atoms with Crippen LogP contribution in [-0.4, -0.2) is 21.7 Å². The number of aliphatic hydroxyl groups is 1. The summed E-state index contributed by atoms with van der Waals surface area (Å²) in [6.07, 6.45) is 0.740. The maximum absolute atomic E-state index is 9.68. The van der Waals surface area contributed by atoms with Crippen LogP contribution in [-0.2, 0) is 0 Å². The minimum Gasteiger partial charge on any atom is -0.383 e. The van der Waals surface area contributed by atoms with Crippen molar-refractivity contribution in [2.45, 2.75) is 38.8 Å². The number of rotatable bonds is 1. The first-order valence-electron chi connectivity index (χ1n) is 3.97. The molecule has 2 N–H and O–H groups in total. The smallest absolute Gasteiger partial charge is 0.114 e. The molecule has 1 fully saturated rings. The van der Waals surface area contributed by atoms with Gasteiger partial charge < -0.3 is 10.4 Å². The van der Waals surface area contributed by atoms with Crippen molar-refractivity contribution in [2.24, 2.45) is 5.92 Å². The Kier molecular flexibility index (Phi) is 2.21. The molecule has 0 aromatic rings. The predicted octanol–water partition coefficient (Wildman–Crippen LogP) is 1.08. The topological polar surface area (TPSA) is 32.3 Å². The summed E-state index contributed by atoms with van der Waals surface area (Å²) < 4.78 is 0. The van der Waals surface area contributed by atoms with E-state index in [1.165, 1.54) is 0 Å². The van der Waals surface area contributed by atoms with Gasteiger partial charge in [0.1, 0.15) is 10.6 Å². The fourth-order valence-electron chi connectivity index (χ4n) is 1.30. The number of nitrogens with one attached hydrogen (secondary N) is 1. The van der Waals surface area contributed by atoms with Crippen molar-refractivity contribution in [2.75, 3.05) is 0 Å². The van der Waals surface area contributed by atoms with Gasteiger partial charge in [-0.15, -0.1) is 0 Å². The van der Waals surface area contributed by atoms with Crippen molar-refractivity contribution in [1.29, 1.82) is 0 Å². The minimum absolute atomic E-state index is 0.345. The summed E-state index contributed by atoms with van der Waals surface area (Å²) in [5.74, 6) is 0.530. The van der Waals surface area contributed by atoms with E-state index in [1.807, 2.05) is 0 Å². The molecular formula is C8H15NOS. The number of hydrogen-bond donors (Lipinski definition) is 2. The second-order valence-corrected chi connectivity index (χ2v) is 4.21. The fourth-order valence-corrected chi connectivity index (χ4v) is 1.53. The molecule has 0 saturated carbocycles. The molecular weight excluding hydrogens is 158 g/mol. The molecule has 1 heterocycles. The van der Waals surface area contributed by atoms with Gasteiger partial charge in [0.05, 0.1) is 0 Å². The SMILES string of the molecule is CC(C)C1CC(C)(O)C(=S)N1. The zero-order valence-electron chi connectivity index (χ0n) is 7.22. The van der Waals surface area contributed by atoms with Crippen LogP contribution >= 0.6 is 12.2 Å². The Hall–Kier alpha value is -0.150. The van der Waals surface area contributed by atoms with E-state index in [0.29, 0.717) is 16.9 Å². The van der Waals surface area contributed by atoms with Crippen molar-refractivity contribution >= 4 is 17.2 Å². The lowest BCUT2D eigenvalue weighted by Gasteiger charge is -2.15. The summed E-state index contributed by atoms with van der Waals surface area (Å²) in [6.45, 7) is 6.02. The molecule has 11 heavy (non-hydrogen) atoms. The van der Waals surface area contributed by atoms with Crippen molar-refractivity contribution < 1.29 is 5.11 Å². The lowest BCUT2D eigenvalue weighted by Crippen LogP contribution is -2.33. The molecule has 0 amide bonds. The third kappa shape index (κ3) is 1.71. The van der Waals surface area contributed by atoms with Crippen LogP contribution in [0.15, 0.2) is 0 Å². The average molecular weight is 173 g/mol. The number of hydrogen-bond acceptors (Lipinski definition) is 2. The molecule has 2 atom stereocenters. The first-order chi connectivity index (χ1) is 4.93. The second kappa shape index (κ2) is 2.72. The van der Waals surface area contributed by atoms with Crippen LogP contribution in [0.5, 0.6) is 0 Å². The van der Waals surface area contributed by atoms with Crippen LogP contribution in [0, 0.1) is 5.92 Å². The third-order valence-corrected chi connectivity index (χ3v) is 2.79. The summed E-state index contributed by atoms with van der Waals surface area (Å²) in [7, 11) is 0. The van der Waals surface area contributed by atoms with E-state index in [9.17, 15) is 5.11 Å². The highest BCUT2D eigenvalue weighted by Gasteiger charge is 2.38. The molecule has 1 aliphatic heterocycles. The van der Waals surface area contributed by atoms with E-state index in [-0.39, 0.29) is 0 Å². The molecule has 2 unspecified atom stereocenters. The lowest BCUT2D eigenvalue weighted by atomic mass is 9.96. The van der Waals surface area contributed by atoms with E-state index < -0.39 is 5.60 Å². The Balaban J connectivity index is 2.65. The van der Waals surface area contributed by atoms with E-state index in [2.05, 4.69) is 19.2 Å². The summed E-state index contributed by atoms with van der Waals surface area (Å²) in [6, 6.07) is 0.345. The molecule has 2 nitrogen and oxygen atoms in total. The molecule has 0 radical (unpaired) electrons. The van der Waals surface area contributed by atoms with Crippen molar-refractivity contribution in [3.63, 3.8) is 0 Å². The van der Waals surface area contributed by atoms with Crippen molar-refractivity contribution in [3.8, 4) is 0 Å². The zero-order valence-corrected chi connectivity index (χ0v) is 8.03. The maximum Gasteiger partial charge on any atom is 0.114 e. The Morgan fingerprint density at radius 2 is 2.27 bits per heavy atom. The fraction of sp³-hybridized carbons (Fsp3) is 0.875. The highest BCUT2D eigenvalue weighted by Crippen LogP contribution is 2.24. The zero-order chi connectivity index (χ0) is 8.65. The van der Waals surface area contributed by atoms with Gasteiger partial charge in [0, 0.05) is 12.5 Å². The van der Waals surface area contributed by atoms with Gasteiger partial charge in [-0.1, -0.05) is 26.1 Å². The molecule has 0 spiro atoms. The molecule has 3 heteroatoms. The molecule has 0 bridgehead atoms.